The average molecular weight is 467 g/mol. The van der Waals surface area contributed by atoms with Crippen LogP contribution in [0, 0.1) is 0 Å². The second-order valence-electron chi connectivity index (χ2n) is 6.63. The minimum absolute atomic E-state index is 0.00305. The molecule has 1 heterocycles. The van der Waals surface area contributed by atoms with Crippen LogP contribution < -0.4 is 14.8 Å². The molecule has 2 aromatic carbocycles. The Balaban J connectivity index is 1.75. The van der Waals surface area contributed by atoms with E-state index in [1.165, 1.54) is 31.2 Å². The number of amides is 1. The van der Waals surface area contributed by atoms with Crippen LogP contribution in [-0.2, 0) is 21.2 Å². The van der Waals surface area contributed by atoms with Gasteiger partial charge in [0.05, 0.1) is 6.04 Å². The van der Waals surface area contributed by atoms with Crippen LogP contribution in [0.15, 0.2) is 70.3 Å². The zero-order valence-electron chi connectivity index (χ0n) is 16.4. The molecule has 164 valence electrons. The van der Waals surface area contributed by atoms with Crippen LogP contribution in [0.2, 0.25) is 0 Å². The van der Waals surface area contributed by atoms with Crippen LogP contribution in [0.3, 0.4) is 0 Å². The third kappa shape index (κ3) is 6.33. The lowest BCUT2D eigenvalue weighted by Gasteiger charge is -2.16. The van der Waals surface area contributed by atoms with E-state index in [1.54, 1.807) is 11.4 Å². The zero-order valence-corrected chi connectivity index (χ0v) is 18.1. The lowest BCUT2D eigenvalue weighted by atomic mass is 10.0. The Morgan fingerprint density at radius 3 is 2.48 bits per heavy atom. The number of ether oxygens (including phenoxy) is 1. The van der Waals surface area contributed by atoms with Crippen LogP contribution >= 0.6 is 11.3 Å². The van der Waals surface area contributed by atoms with Crippen LogP contribution in [0.25, 0.3) is 0 Å². The van der Waals surface area contributed by atoms with Crippen LogP contribution in [0.1, 0.15) is 18.1 Å². The molecule has 0 saturated heterocycles. The fourth-order valence-electron chi connectivity index (χ4n) is 2.83. The van der Waals surface area contributed by atoms with Crippen molar-refractivity contribution in [3.05, 3.63) is 77.2 Å². The summed E-state index contributed by atoms with van der Waals surface area (Å²) in [6, 6.07) is 15.5. The van der Waals surface area contributed by atoms with E-state index in [-0.39, 0.29) is 9.96 Å². The molecule has 0 fully saturated rings. The summed E-state index contributed by atoms with van der Waals surface area (Å²) < 4.78 is 57.2. The third-order valence-corrected chi connectivity index (χ3v) is 7.20. The van der Waals surface area contributed by atoms with Gasteiger partial charge in [-0.25, -0.2) is 8.42 Å². The summed E-state index contributed by atoms with van der Waals surface area (Å²) in [4.78, 5) is 12.5. The predicted octanol–water partition coefficient (Wildman–Crippen LogP) is 4.25. The fraction of sp³-hybridized carbons (Fsp3) is 0.190. The summed E-state index contributed by atoms with van der Waals surface area (Å²) >= 11 is 1.04. The number of thiophene rings is 1. The Kier molecular flexibility index (Phi) is 7.37. The second kappa shape index (κ2) is 9.99. The van der Waals surface area contributed by atoms with E-state index in [4.69, 9.17) is 0 Å². The van der Waals surface area contributed by atoms with Crippen molar-refractivity contribution >= 4 is 33.0 Å². The maximum absolute atomic E-state index is 12.8. The van der Waals surface area contributed by atoms with Gasteiger partial charge in [0.15, 0.2) is 0 Å². The Morgan fingerprint density at radius 1 is 1.10 bits per heavy atom. The highest BCUT2D eigenvalue weighted by atomic mass is 32.2. The van der Waals surface area contributed by atoms with Crippen molar-refractivity contribution in [1.29, 1.82) is 0 Å². The maximum atomic E-state index is 12.8. The molecule has 0 spiro atoms. The third-order valence-electron chi connectivity index (χ3n) is 4.27. The van der Waals surface area contributed by atoms with Gasteiger partial charge in [0.1, 0.15) is 9.96 Å². The van der Waals surface area contributed by atoms with Crippen molar-refractivity contribution < 1.29 is 26.7 Å². The monoisotopic (exact) mass is 466 g/mol. The molecule has 3 rings (SSSR count). The number of benzene rings is 2. The van der Waals surface area contributed by atoms with E-state index in [0.717, 1.165) is 16.9 Å². The van der Waals surface area contributed by atoms with Crippen molar-refractivity contribution in [2.75, 3.05) is 5.32 Å². The molecule has 1 amide bonds. The van der Waals surface area contributed by atoms with Crippen molar-refractivity contribution in [2.45, 2.75) is 30.2 Å². The van der Waals surface area contributed by atoms with Gasteiger partial charge in [-0.2, -0.15) is 13.5 Å². The number of sulfonamides is 1. The Morgan fingerprint density at radius 2 is 1.84 bits per heavy atom. The molecule has 1 atom stereocenters. The van der Waals surface area contributed by atoms with Gasteiger partial charge in [0.25, 0.3) is 10.0 Å². The molecule has 31 heavy (non-hydrogen) atoms. The molecule has 0 radical (unpaired) electrons. The number of hydrogen-bond donors (Lipinski definition) is 2. The Labute approximate surface area is 182 Å². The fourth-order valence-corrected chi connectivity index (χ4v) is 5.05. The molecule has 0 aliphatic heterocycles. The van der Waals surface area contributed by atoms with Gasteiger partial charge in [-0.1, -0.05) is 36.4 Å². The normalized spacial score (nSPS) is 12.5. The number of carbonyl (C=O) groups excluding carboxylic acids is 1. The van der Waals surface area contributed by atoms with Gasteiger partial charge in [-0.3, -0.25) is 4.79 Å². The van der Waals surface area contributed by atoms with E-state index < -0.39 is 28.6 Å². The van der Waals surface area contributed by atoms with Crippen LogP contribution in [0.4, 0.5) is 14.5 Å². The van der Waals surface area contributed by atoms with Crippen molar-refractivity contribution in [3.8, 4) is 5.75 Å². The number of halogens is 2. The summed E-state index contributed by atoms with van der Waals surface area (Å²) in [6.45, 7) is -1.57. The molecule has 1 unspecified atom stereocenters. The highest BCUT2D eigenvalue weighted by Gasteiger charge is 2.23. The van der Waals surface area contributed by atoms with Crippen molar-refractivity contribution in [1.82, 2.24) is 4.72 Å². The molecule has 0 aliphatic rings. The summed E-state index contributed by atoms with van der Waals surface area (Å²) in [5, 5.41) is 4.23. The summed E-state index contributed by atoms with van der Waals surface area (Å²) in [5.41, 5.74) is 1.66. The second-order valence-corrected chi connectivity index (χ2v) is 9.52. The summed E-state index contributed by atoms with van der Waals surface area (Å²) in [5.74, 6) is -0.586. The SMILES string of the molecule is CC(NS(=O)(=O)c1cccs1)C(=O)Nc1ccc(OC(F)F)c(Cc2ccccc2)c1. The lowest BCUT2D eigenvalue weighted by Crippen LogP contribution is -2.41. The summed E-state index contributed by atoms with van der Waals surface area (Å²) in [7, 11) is -3.82. The number of alkyl halides is 2. The van der Waals surface area contributed by atoms with Gasteiger partial charge in [-0.15, -0.1) is 11.3 Å². The summed E-state index contributed by atoms with van der Waals surface area (Å²) in [6.07, 6.45) is 0.313. The van der Waals surface area contributed by atoms with E-state index in [2.05, 4.69) is 14.8 Å². The van der Waals surface area contributed by atoms with Gasteiger partial charge < -0.3 is 10.1 Å². The van der Waals surface area contributed by atoms with E-state index in [9.17, 15) is 22.0 Å². The molecular weight excluding hydrogens is 446 g/mol. The van der Waals surface area contributed by atoms with Gasteiger partial charge in [0, 0.05) is 17.7 Å². The number of carbonyl (C=O) groups is 1. The number of rotatable bonds is 9. The molecule has 3 aromatic rings. The largest absolute Gasteiger partial charge is 0.435 e. The molecule has 6 nitrogen and oxygen atoms in total. The molecule has 10 heteroatoms. The van der Waals surface area contributed by atoms with Gasteiger partial charge >= 0.3 is 6.61 Å². The first kappa shape index (κ1) is 22.9. The number of anilines is 1. The van der Waals surface area contributed by atoms with E-state index in [1.807, 2.05) is 30.3 Å². The number of hydrogen-bond acceptors (Lipinski definition) is 5. The van der Waals surface area contributed by atoms with Crippen molar-refractivity contribution in [3.63, 3.8) is 0 Å². The van der Waals surface area contributed by atoms with Crippen molar-refractivity contribution in [2.24, 2.45) is 0 Å². The first-order chi connectivity index (χ1) is 14.7. The lowest BCUT2D eigenvalue weighted by molar-refractivity contribution is -0.117. The topological polar surface area (TPSA) is 84.5 Å². The highest BCUT2D eigenvalue weighted by molar-refractivity contribution is 7.91. The first-order valence-electron chi connectivity index (χ1n) is 9.23. The molecule has 0 bridgehead atoms. The minimum atomic E-state index is -3.82. The molecule has 2 N–H and O–H groups in total. The standard InChI is InChI=1S/C21H20F2N2O4S2/c1-14(25-31(27,28)19-8-5-11-30-19)20(26)24-17-9-10-18(29-21(22)23)16(13-17)12-15-6-3-2-4-7-15/h2-11,13-14,21,25H,12H2,1H3,(H,24,26). The van der Waals surface area contributed by atoms with Gasteiger partial charge in [-0.05, 0) is 42.1 Å². The van der Waals surface area contributed by atoms with E-state index in [0.29, 0.717) is 17.7 Å². The smallest absolute Gasteiger partial charge is 0.387 e. The quantitative estimate of drug-likeness (QED) is 0.494. The first-order valence-corrected chi connectivity index (χ1v) is 11.6. The Hall–Kier alpha value is -2.82. The highest BCUT2D eigenvalue weighted by Crippen LogP contribution is 2.27. The predicted molar refractivity (Wildman–Crippen MR) is 115 cm³/mol. The molecule has 0 saturated carbocycles. The van der Waals surface area contributed by atoms with Crippen LogP contribution in [0.5, 0.6) is 5.75 Å². The van der Waals surface area contributed by atoms with Gasteiger partial charge in [0.2, 0.25) is 5.91 Å². The Bertz CT molecular complexity index is 1120. The minimum Gasteiger partial charge on any atom is -0.435 e. The molecule has 1 aromatic heterocycles. The average Bonchev–Trinajstić information content (AvgIpc) is 3.26. The molecular formula is C21H20F2N2O4S2. The van der Waals surface area contributed by atoms with E-state index >= 15 is 0 Å². The number of nitrogens with one attached hydrogen (secondary N) is 2. The molecule has 0 aliphatic carbocycles. The van der Waals surface area contributed by atoms with Crippen LogP contribution in [-0.4, -0.2) is 27.0 Å². The zero-order chi connectivity index (χ0) is 22.4. The maximum Gasteiger partial charge on any atom is 0.387 e.